The summed E-state index contributed by atoms with van der Waals surface area (Å²) < 4.78 is 25.7. The molecule has 0 saturated carbocycles. The minimum atomic E-state index is -3.06. The fourth-order valence-electron chi connectivity index (χ4n) is 7.33. The van der Waals surface area contributed by atoms with Crippen LogP contribution in [0.25, 0.3) is 10.2 Å². The molecular weight excluding hydrogens is 698 g/mol. The van der Waals surface area contributed by atoms with Gasteiger partial charge >= 0.3 is 0 Å². The van der Waals surface area contributed by atoms with Crippen molar-refractivity contribution in [2.24, 2.45) is 5.92 Å². The highest BCUT2D eigenvalue weighted by atomic mass is 32.1. The first-order chi connectivity index (χ1) is 25.4. The number of carbonyl (C=O) groups excluding carboxylic acids is 1. The van der Waals surface area contributed by atoms with Crippen molar-refractivity contribution in [3.63, 3.8) is 0 Å². The van der Waals surface area contributed by atoms with Crippen LogP contribution in [0.4, 0.5) is 4.39 Å². The molecule has 2 aromatic heterocycles. The molecule has 0 unspecified atom stereocenters. The molecule has 6 nitrogen and oxygen atoms in total. The van der Waals surface area contributed by atoms with Gasteiger partial charge in [-0.1, -0.05) is 143 Å². The van der Waals surface area contributed by atoms with Gasteiger partial charge in [0.05, 0.1) is 31.1 Å². The number of fused-ring (bicyclic) bond motifs is 1. The van der Waals surface area contributed by atoms with E-state index in [0.717, 1.165) is 21.5 Å². The summed E-state index contributed by atoms with van der Waals surface area (Å²) in [5, 5.41) is 4.14. The number of benzene rings is 4. The van der Waals surface area contributed by atoms with Crippen molar-refractivity contribution in [1.82, 2.24) is 14.5 Å². The molecule has 4 aromatic carbocycles. The van der Waals surface area contributed by atoms with E-state index in [9.17, 15) is 9.59 Å². The predicted octanol–water partition coefficient (Wildman–Crippen LogP) is 8.57. The highest BCUT2D eigenvalue weighted by Crippen LogP contribution is 2.37. The van der Waals surface area contributed by atoms with E-state index in [0.29, 0.717) is 21.6 Å². The number of thiophene rings is 1. The molecule has 6 rings (SSSR count). The van der Waals surface area contributed by atoms with Crippen LogP contribution >= 0.6 is 11.3 Å². The van der Waals surface area contributed by atoms with Crippen LogP contribution in [-0.2, 0) is 11.0 Å². The molecule has 53 heavy (non-hydrogen) atoms. The molecule has 0 aliphatic carbocycles. The monoisotopic (exact) mass is 745 g/mol. The fourth-order valence-corrected chi connectivity index (χ4v) is 12.7. The zero-order valence-corrected chi connectivity index (χ0v) is 33.1. The first kappa shape index (κ1) is 38.0. The van der Waals surface area contributed by atoms with Gasteiger partial charge in [-0.2, -0.15) is 0 Å². The molecular formula is C44H48FN3O3SSi. The third-order valence-corrected chi connectivity index (χ3v) is 15.7. The second kappa shape index (κ2) is 16.1. The van der Waals surface area contributed by atoms with Gasteiger partial charge in [-0.05, 0) is 57.4 Å². The molecule has 0 aliphatic rings. The van der Waals surface area contributed by atoms with Crippen molar-refractivity contribution in [3.05, 3.63) is 160 Å². The van der Waals surface area contributed by atoms with Crippen molar-refractivity contribution < 1.29 is 13.6 Å². The summed E-state index contributed by atoms with van der Waals surface area (Å²) in [5.74, 6) is -0.117. The number of aromatic nitrogens is 2. The minimum absolute atomic E-state index is 0.185. The molecule has 6 aromatic rings. The predicted molar refractivity (Wildman–Crippen MR) is 218 cm³/mol. The molecule has 0 spiro atoms. The Balaban J connectivity index is 1.44. The van der Waals surface area contributed by atoms with Crippen molar-refractivity contribution in [1.29, 1.82) is 0 Å². The molecule has 274 valence electrons. The number of hydrogen-bond acceptors (Lipinski definition) is 5. The molecule has 0 aliphatic heterocycles. The average Bonchev–Trinajstić information content (AvgIpc) is 3.63. The van der Waals surface area contributed by atoms with Gasteiger partial charge in [0.2, 0.25) is 0 Å². The van der Waals surface area contributed by atoms with Gasteiger partial charge in [0.1, 0.15) is 16.8 Å². The number of alkyl halides is 1. The average molecular weight is 746 g/mol. The van der Waals surface area contributed by atoms with Crippen molar-refractivity contribution in [3.8, 4) is 0 Å². The SMILES string of the molecule is Cc1ccc(C(=O)N(C[C@@H](F)CO[Si](c2ccccc2)(c2ccccc2)C(C)(C)C)[C@@H](c2nc3sccc3c(=O)n2Cc2ccccc2)C(C)C)cc1. The number of nitrogens with zero attached hydrogens (tertiary/aromatic N) is 3. The number of amides is 1. The molecule has 2 heterocycles. The standard InChI is InChI=1S/C44H48FN3O3SSi/c1-31(2)39(40-46-41-38(26-27-52-41)43(50)48(40)28-33-16-10-7-11-17-33)47(42(49)34-24-22-32(3)23-25-34)29-35(45)30-51-53(44(4,5)6,36-18-12-8-13-19-36)37-20-14-9-15-21-37/h7-27,31,35,39H,28-30H2,1-6H3/t35-,39-/m1/s1. The number of carbonyl (C=O) groups is 1. The minimum Gasteiger partial charge on any atom is -0.404 e. The third-order valence-electron chi connectivity index (χ3n) is 9.88. The molecule has 0 bridgehead atoms. The van der Waals surface area contributed by atoms with Gasteiger partial charge in [0.25, 0.3) is 19.8 Å². The van der Waals surface area contributed by atoms with E-state index in [1.54, 1.807) is 27.7 Å². The molecule has 2 atom stereocenters. The summed E-state index contributed by atoms with van der Waals surface area (Å²) in [6, 6.07) is 38.4. The Morgan fingerprint density at radius 3 is 1.98 bits per heavy atom. The highest BCUT2D eigenvalue weighted by Gasteiger charge is 2.50. The molecule has 1 amide bonds. The summed E-state index contributed by atoms with van der Waals surface area (Å²) in [6.45, 7) is 12.2. The lowest BCUT2D eigenvalue weighted by Crippen LogP contribution is -2.67. The largest absolute Gasteiger partial charge is 0.404 e. The number of hydrogen-bond donors (Lipinski definition) is 0. The van der Waals surface area contributed by atoms with E-state index >= 15 is 4.39 Å². The first-order valence-corrected chi connectivity index (χ1v) is 21.0. The fraction of sp³-hybridized carbons (Fsp3) is 0.295. The van der Waals surface area contributed by atoms with Crippen molar-refractivity contribution in [2.75, 3.05) is 13.2 Å². The van der Waals surface area contributed by atoms with Crippen molar-refractivity contribution >= 4 is 46.2 Å². The van der Waals surface area contributed by atoms with E-state index in [4.69, 9.17) is 9.41 Å². The summed E-state index contributed by atoms with van der Waals surface area (Å²) in [6.07, 6.45) is -1.55. The van der Waals surface area contributed by atoms with Gasteiger partial charge in [-0.3, -0.25) is 14.2 Å². The number of aryl methyl sites for hydroxylation is 1. The third kappa shape index (κ3) is 7.98. The van der Waals surface area contributed by atoms with Crippen LogP contribution in [-0.4, -0.2) is 48.0 Å². The zero-order chi connectivity index (χ0) is 37.8. The second-order valence-corrected chi connectivity index (χ2v) is 20.3. The number of rotatable bonds is 13. The Hall–Kier alpha value is -4.70. The van der Waals surface area contributed by atoms with Crippen LogP contribution in [0.3, 0.4) is 0 Å². The van der Waals surface area contributed by atoms with Gasteiger partial charge in [-0.25, -0.2) is 9.37 Å². The van der Waals surface area contributed by atoms with Crippen LogP contribution < -0.4 is 15.9 Å². The Bertz CT molecular complexity index is 2140. The Morgan fingerprint density at radius 2 is 1.43 bits per heavy atom. The Morgan fingerprint density at radius 1 is 0.868 bits per heavy atom. The van der Waals surface area contributed by atoms with Crippen LogP contribution in [0.1, 0.15) is 68.0 Å². The smallest absolute Gasteiger partial charge is 0.262 e. The van der Waals surface area contributed by atoms with E-state index < -0.39 is 20.5 Å². The maximum atomic E-state index is 17.0. The normalized spacial score (nSPS) is 13.3. The van der Waals surface area contributed by atoms with E-state index in [-0.39, 0.29) is 42.1 Å². The molecule has 0 fully saturated rings. The Kier molecular flexibility index (Phi) is 11.6. The van der Waals surface area contributed by atoms with Crippen LogP contribution in [0.5, 0.6) is 0 Å². The first-order valence-electron chi connectivity index (χ1n) is 18.2. The summed E-state index contributed by atoms with van der Waals surface area (Å²) in [7, 11) is -3.06. The van der Waals surface area contributed by atoms with E-state index in [1.165, 1.54) is 11.3 Å². The van der Waals surface area contributed by atoms with Crippen LogP contribution in [0.2, 0.25) is 5.04 Å². The van der Waals surface area contributed by atoms with E-state index in [1.807, 2.05) is 105 Å². The maximum Gasteiger partial charge on any atom is 0.262 e. The summed E-state index contributed by atoms with van der Waals surface area (Å²) >= 11 is 1.38. The van der Waals surface area contributed by atoms with E-state index in [2.05, 4.69) is 45.0 Å². The van der Waals surface area contributed by atoms with Gasteiger partial charge in [-0.15, -0.1) is 11.3 Å². The maximum absolute atomic E-state index is 17.0. The lowest BCUT2D eigenvalue weighted by atomic mass is 9.98. The lowest BCUT2D eigenvalue weighted by Gasteiger charge is -2.43. The zero-order valence-electron chi connectivity index (χ0n) is 31.3. The van der Waals surface area contributed by atoms with Crippen LogP contribution in [0, 0.1) is 12.8 Å². The van der Waals surface area contributed by atoms with Crippen molar-refractivity contribution in [2.45, 2.75) is 65.3 Å². The Labute approximate surface area is 317 Å². The lowest BCUT2D eigenvalue weighted by molar-refractivity contribution is 0.0478. The van der Waals surface area contributed by atoms with Gasteiger partial charge < -0.3 is 9.33 Å². The highest BCUT2D eigenvalue weighted by molar-refractivity contribution is 7.16. The summed E-state index contributed by atoms with van der Waals surface area (Å²) in [5.41, 5.74) is 2.19. The second-order valence-electron chi connectivity index (χ2n) is 15.1. The summed E-state index contributed by atoms with van der Waals surface area (Å²) in [4.78, 5) is 36.1. The molecule has 0 saturated heterocycles. The molecule has 9 heteroatoms. The number of halogens is 1. The van der Waals surface area contributed by atoms with Gasteiger partial charge in [0.15, 0.2) is 0 Å². The molecule has 0 N–H and O–H groups in total. The van der Waals surface area contributed by atoms with Gasteiger partial charge in [0, 0.05) is 5.56 Å². The van der Waals surface area contributed by atoms with Crippen LogP contribution in [0.15, 0.2) is 132 Å². The molecule has 0 radical (unpaired) electrons. The topological polar surface area (TPSA) is 64.4 Å². The quantitative estimate of drug-likeness (QED) is 0.111.